The zero-order valence-corrected chi connectivity index (χ0v) is 8.25. The molecular weight excluding hydrogens is 170 g/mol. The number of carbonyl (C=O) groups is 2. The van der Waals surface area contributed by atoms with Gasteiger partial charge in [-0.3, -0.25) is 14.5 Å². The lowest BCUT2D eigenvalue weighted by atomic mass is 10.2. The van der Waals surface area contributed by atoms with E-state index in [1.165, 1.54) is 0 Å². The minimum absolute atomic E-state index is 0.230. The van der Waals surface area contributed by atoms with Crippen LogP contribution in [0.25, 0.3) is 0 Å². The molecule has 4 heteroatoms. The molecule has 0 aliphatic rings. The minimum Gasteiger partial charge on any atom is -0.481 e. The highest BCUT2D eigenvalue weighted by atomic mass is 16.4. The Bertz CT molecular complexity index is 180. The summed E-state index contributed by atoms with van der Waals surface area (Å²) in [4.78, 5) is 23.0. The zero-order valence-electron chi connectivity index (χ0n) is 8.25. The highest BCUT2D eigenvalue weighted by Gasteiger charge is 2.09. The molecular formula is C9H17NO3. The van der Waals surface area contributed by atoms with Gasteiger partial charge in [-0.15, -0.1) is 0 Å². The van der Waals surface area contributed by atoms with Gasteiger partial charge in [0.2, 0.25) is 0 Å². The molecule has 0 aliphatic heterocycles. The monoisotopic (exact) mass is 187 g/mol. The molecule has 0 aromatic carbocycles. The van der Waals surface area contributed by atoms with Gasteiger partial charge in [-0.25, -0.2) is 0 Å². The van der Waals surface area contributed by atoms with Crippen LogP contribution in [-0.2, 0) is 9.59 Å². The summed E-state index contributed by atoms with van der Waals surface area (Å²) in [5, 5.41) is 8.33. The number of hydrogen-bond acceptors (Lipinski definition) is 3. The van der Waals surface area contributed by atoms with Crippen molar-refractivity contribution in [3.05, 3.63) is 0 Å². The second kappa shape index (κ2) is 6.60. The lowest BCUT2D eigenvalue weighted by Crippen LogP contribution is -2.28. The largest absolute Gasteiger partial charge is 0.481 e. The molecule has 0 bridgehead atoms. The Labute approximate surface area is 78.5 Å². The van der Waals surface area contributed by atoms with Crippen LogP contribution in [-0.4, -0.2) is 41.9 Å². The number of carbonyl (C=O) groups excluding carboxylic acids is 1. The topological polar surface area (TPSA) is 57.6 Å². The molecule has 0 aromatic rings. The number of aliphatic carboxylic acids is 1. The molecule has 0 fully saturated rings. The second-order valence-electron chi connectivity index (χ2n) is 3.20. The van der Waals surface area contributed by atoms with E-state index in [1.807, 2.05) is 11.9 Å². The number of hydrogen-bond donors (Lipinski definition) is 1. The first-order chi connectivity index (χ1) is 6.06. The van der Waals surface area contributed by atoms with Crippen molar-refractivity contribution in [2.75, 3.05) is 20.1 Å². The Balaban J connectivity index is 3.59. The van der Waals surface area contributed by atoms with Crippen LogP contribution in [0.3, 0.4) is 0 Å². The molecule has 0 rings (SSSR count). The fraction of sp³-hybridized carbons (Fsp3) is 0.778. The number of rotatable bonds is 7. The van der Waals surface area contributed by atoms with Gasteiger partial charge in [0.15, 0.2) is 5.78 Å². The van der Waals surface area contributed by atoms with Crippen molar-refractivity contribution in [3.63, 3.8) is 0 Å². The van der Waals surface area contributed by atoms with Crippen LogP contribution in [0.2, 0.25) is 0 Å². The smallest absolute Gasteiger partial charge is 0.310 e. The van der Waals surface area contributed by atoms with Gasteiger partial charge in [0.1, 0.15) is 6.42 Å². The van der Waals surface area contributed by atoms with Crippen molar-refractivity contribution in [2.45, 2.75) is 26.2 Å². The Morgan fingerprint density at radius 1 is 1.38 bits per heavy atom. The first kappa shape index (κ1) is 12.1. The van der Waals surface area contributed by atoms with Crippen LogP contribution in [0.15, 0.2) is 0 Å². The van der Waals surface area contributed by atoms with Gasteiger partial charge in [-0.2, -0.15) is 0 Å². The number of Topliss-reactive ketones (excluding diaryl/α,β-unsaturated/α-hetero) is 1. The fourth-order valence-corrected chi connectivity index (χ4v) is 1.03. The summed E-state index contributed by atoms with van der Waals surface area (Å²) in [6.07, 6.45) is 1.75. The molecule has 0 heterocycles. The van der Waals surface area contributed by atoms with Crippen molar-refractivity contribution >= 4 is 11.8 Å². The van der Waals surface area contributed by atoms with E-state index < -0.39 is 5.97 Å². The first-order valence-corrected chi connectivity index (χ1v) is 4.48. The molecule has 0 radical (unpaired) electrons. The lowest BCUT2D eigenvalue weighted by molar-refractivity contribution is -0.140. The third kappa shape index (κ3) is 7.46. The van der Waals surface area contributed by atoms with Crippen molar-refractivity contribution in [2.24, 2.45) is 0 Å². The van der Waals surface area contributed by atoms with E-state index in [-0.39, 0.29) is 18.7 Å². The van der Waals surface area contributed by atoms with Crippen LogP contribution >= 0.6 is 0 Å². The van der Waals surface area contributed by atoms with E-state index in [1.54, 1.807) is 0 Å². The second-order valence-corrected chi connectivity index (χ2v) is 3.20. The van der Waals surface area contributed by atoms with Crippen molar-refractivity contribution in [3.8, 4) is 0 Å². The van der Waals surface area contributed by atoms with E-state index in [0.29, 0.717) is 0 Å². The Morgan fingerprint density at radius 3 is 2.46 bits per heavy atom. The molecule has 0 saturated carbocycles. The number of carboxylic acid groups (broad SMARTS) is 1. The average molecular weight is 187 g/mol. The summed E-state index contributed by atoms with van der Waals surface area (Å²) in [5.41, 5.74) is 0. The Kier molecular flexibility index (Phi) is 6.14. The maximum Gasteiger partial charge on any atom is 0.310 e. The van der Waals surface area contributed by atoms with Gasteiger partial charge in [0, 0.05) is 0 Å². The van der Waals surface area contributed by atoms with Crippen LogP contribution in [0.4, 0.5) is 0 Å². The minimum atomic E-state index is -1.05. The van der Waals surface area contributed by atoms with Crippen LogP contribution in [0, 0.1) is 0 Å². The third-order valence-corrected chi connectivity index (χ3v) is 1.69. The molecule has 0 spiro atoms. The van der Waals surface area contributed by atoms with Crippen molar-refractivity contribution < 1.29 is 14.7 Å². The quantitative estimate of drug-likeness (QED) is 0.598. The number of nitrogens with zero attached hydrogens (tertiary/aromatic N) is 1. The van der Waals surface area contributed by atoms with Crippen molar-refractivity contribution in [1.29, 1.82) is 0 Å². The van der Waals surface area contributed by atoms with E-state index in [9.17, 15) is 9.59 Å². The molecule has 0 unspecified atom stereocenters. The summed E-state index contributed by atoms with van der Waals surface area (Å²) in [6, 6.07) is 0. The molecule has 0 aromatic heterocycles. The highest BCUT2D eigenvalue weighted by Crippen LogP contribution is 1.93. The van der Waals surface area contributed by atoms with Crippen LogP contribution in [0.5, 0.6) is 0 Å². The molecule has 4 nitrogen and oxygen atoms in total. The summed E-state index contributed by atoms with van der Waals surface area (Å²) in [7, 11) is 1.83. The zero-order chi connectivity index (χ0) is 10.3. The molecule has 13 heavy (non-hydrogen) atoms. The van der Waals surface area contributed by atoms with Gasteiger partial charge >= 0.3 is 5.97 Å². The number of carboxylic acids is 1. The molecule has 1 N–H and O–H groups in total. The van der Waals surface area contributed by atoms with Gasteiger partial charge in [0.25, 0.3) is 0 Å². The number of ketones is 1. The van der Waals surface area contributed by atoms with Gasteiger partial charge < -0.3 is 5.11 Å². The molecule has 0 atom stereocenters. The standard InChI is InChI=1S/C9H17NO3/c1-3-4-5-10(2)7-8(11)6-9(12)13/h3-7H2,1-2H3,(H,12,13). The SMILES string of the molecule is CCCCN(C)CC(=O)CC(=O)O. The summed E-state index contributed by atoms with van der Waals surface area (Å²) >= 11 is 0. The van der Waals surface area contributed by atoms with Crippen LogP contribution < -0.4 is 0 Å². The first-order valence-electron chi connectivity index (χ1n) is 4.48. The predicted molar refractivity (Wildman–Crippen MR) is 49.7 cm³/mol. The molecule has 76 valence electrons. The fourth-order valence-electron chi connectivity index (χ4n) is 1.03. The van der Waals surface area contributed by atoms with Gasteiger partial charge in [-0.1, -0.05) is 13.3 Å². The maximum atomic E-state index is 11.0. The number of unbranched alkanes of at least 4 members (excludes halogenated alkanes) is 1. The average Bonchev–Trinajstić information content (AvgIpc) is 1.98. The molecule has 0 aliphatic carbocycles. The predicted octanol–water partition coefficient (Wildman–Crippen LogP) is 0.762. The van der Waals surface area contributed by atoms with Gasteiger partial charge in [-0.05, 0) is 20.0 Å². The Morgan fingerprint density at radius 2 is 2.00 bits per heavy atom. The third-order valence-electron chi connectivity index (χ3n) is 1.69. The van der Waals surface area contributed by atoms with E-state index in [4.69, 9.17) is 5.11 Å². The maximum absolute atomic E-state index is 11.0. The van der Waals surface area contributed by atoms with E-state index >= 15 is 0 Å². The normalized spacial score (nSPS) is 10.4. The van der Waals surface area contributed by atoms with Gasteiger partial charge in [0.05, 0.1) is 6.54 Å². The number of likely N-dealkylation sites (N-methyl/N-ethyl adjacent to an activating group) is 1. The van der Waals surface area contributed by atoms with Crippen LogP contribution in [0.1, 0.15) is 26.2 Å². The Hall–Kier alpha value is -0.900. The summed E-state index contributed by atoms with van der Waals surface area (Å²) in [5.74, 6) is -1.28. The molecule has 0 amide bonds. The molecule has 0 saturated heterocycles. The lowest BCUT2D eigenvalue weighted by Gasteiger charge is -2.13. The summed E-state index contributed by atoms with van der Waals surface area (Å²) < 4.78 is 0. The van der Waals surface area contributed by atoms with E-state index in [2.05, 4.69) is 6.92 Å². The highest BCUT2D eigenvalue weighted by molar-refractivity contribution is 5.95. The summed E-state index contributed by atoms with van der Waals surface area (Å²) in [6.45, 7) is 3.17. The van der Waals surface area contributed by atoms with Crippen molar-refractivity contribution in [1.82, 2.24) is 4.90 Å². The van der Waals surface area contributed by atoms with E-state index in [0.717, 1.165) is 19.4 Å².